The first-order chi connectivity index (χ1) is 9.51. The number of benzene rings is 1. The molecule has 0 aliphatic carbocycles. The molecule has 1 aromatic heterocycles. The van der Waals surface area contributed by atoms with E-state index >= 15 is 0 Å². The fraction of sp³-hybridized carbons (Fsp3) is 0.286. The van der Waals surface area contributed by atoms with E-state index in [1.165, 1.54) is 11.6 Å². The standard InChI is InChI=1S/C14H15NO4S/c1-3-10-4-6-11(7-5-10)19-14-12(15(17)18)8-13(20-14)9(2)16/h4-9,16H,3H2,1-2H3/t9-/m0/s1. The molecule has 6 heteroatoms. The van der Waals surface area contributed by atoms with Gasteiger partial charge in [0.2, 0.25) is 0 Å². The maximum Gasteiger partial charge on any atom is 0.323 e. The number of aryl methyl sites for hydroxylation is 1. The fourth-order valence-electron chi connectivity index (χ4n) is 1.69. The van der Waals surface area contributed by atoms with Gasteiger partial charge < -0.3 is 9.84 Å². The molecule has 0 saturated heterocycles. The zero-order valence-electron chi connectivity index (χ0n) is 11.2. The molecule has 20 heavy (non-hydrogen) atoms. The summed E-state index contributed by atoms with van der Waals surface area (Å²) in [5.41, 5.74) is 1.05. The largest absolute Gasteiger partial charge is 0.440 e. The van der Waals surface area contributed by atoms with Crippen LogP contribution < -0.4 is 4.74 Å². The molecular weight excluding hydrogens is 278 g/mol. The Labute approximate surface area is 120 Å². The van der Waals surface area contributed by atoms with Crippen molar-refractivity contribution in [2.45, 2.75) is 26.4 Å². The van der Waals surface area contributed by atoms with Gasteiger partial charge in [-0.25, -0.2) is 0 Å². The highest BCUT2D eigenvalue weighted by atomic mass is 32.1. The third-order valence-corrected chi connectivity index (χ3v) is 4.02. The van der Waals surface area contributed by atoms with Gasteiger partial charge in [0.1, 0.15) is 5.75 Å². The molecule has 2 aromatic rings. The molecule has 0 unspecified atom stereocenters. The van der Waals surface area contributed by atoms with Gasteiger partial charge >= 0.3 is 5.69 Å². The Balaban J connectivity index is 2.29. The summed E-state index contributed by atoms with van der Waals surface area (Å²) >= 11 is 1.09. The molecule has 2 rings (SSSR count). The van der Waals surface area contributed by atoms with Gasteiger partial charge in [0.05, 0.1) is 11.0 Å². The average molecular weight is 293 g/mol. The van der Waals surface area contributed by atoms with Crippen LogP contribution in [-0.2, 0) is 6.42 Å². The second kappa shape index (κ2) is 6.02. The van der Waals surface area contributed by atoms with Crippen molar-refractivity contribution in [3.63, 3.8) is 0 Å². The molecular formula is C14H15NO4S. The second-order valence-electron chi connectivity index (χ2n) is 4.35. The number of thiophene rings is 1. The monoisotopic (exact) mass is 293 g/mol. The highest BCUT2D eigenvalue weighted by molar-refractivity contribution is 7.14. The first kappa shape index (κ1) is 14.5. The number of nitrogens with zero attached hydrogens (tertiary/aromatic N) is 1. The van der Waals surface area contributed by atoms with Crippen molar-refractivity contribution >= 4 is 17.0 Å². The molecule has 1 atom stereocenters. The lowest BCUT2D eigenvalue weighted by molar-refractivity contribution is -0.385. The highest BCUT2D eigenvalue weighted by Gasteiger charge is 2.22. The van der Waals surface area contributed by atoms with Crippen LogP contribution in [0.5, 0.6) is 10.8 Å². The third kappa shape index (κ3) is 3.15. The number of hydrogen-bond acceptors (Lipinski definition) is 5. The Morgan fingerprint density at radius 2 is 2.05 bits per heavy atom. The molecule has 0 aliphatic heterocycles. The minimum atomic E-state index is -0.751. The highest BCUT2D eigenvalue weighted by Crippen LogP contribution is 2.41. The van der Waals surface area contributed by atoms with Crippen molar-refractivity contribution in [1.82, 2.24) is 0 Å². The summed E-state index contributed by atoms with van der Waals surface area (Å²) in [5, 5.41) is 20.7. The lowest BCUT2D eigenvalue weighted by Gasteiger charge is -2.03. The number of aliphatic hydroxyl groups is 1. The molecule has 0 saturated carbocycles. The Kier molecular flexibility index (Phi) is 4.36. The Bertz CT molecular complexity index is 604. The van der Waals surface area contributed by atoms with Crippen molar-refractivity contribution in [3.05, 3.63) is 50.9 Å². The van der Waals surface area contributed by atoms with E-state index in [1.54, 1.807) is 19.1 Å². The summed E-state index contributed by atoms with van der Waals surface area (Å²) in [6.45, 7) is 3.62. The quantitative estimate of drug-likeness (QED) is 0.666. The number of ether oxygens (including phenoxy) is 1. The van der Waals surface area contributed by atoms with Crippen LogP contribution in [0.25, 0.3) is 0 Å². The molecule has 0 aliphatic rings. The number of nitro groups is 1. The van der Waals surface area contributed by atoms with Crippen LogP contribution in [0.15, 0.2) is 30.3 Å². The molecule has 0 amide bonds. The predicted octanol–water partition coefficient (Wildman–Crippen LogP) is 4.06. The minimum Gasteiger partial charge on any atom is -0.440 e. The van der Waals surface area contributed by atoms with E-state index in [1.807, 2.05) is 12.1 Å². The molecule has 1 aromatic carbocycles. The first-order valence-corrected chi connectivity index (χ1v) is 7.06. The van der Waals surface area contributed by atoms with E-state index in [9.17, 15) is 15.2 Å². The SMILES string of the molecule is CCc1ccc(Oc2sc([C@H](C)O)cc2[N+](=O)[O-])cc1. The topological polar surface area (TPSA) is 72.6 Å². The lowest BCUT2D eigenvalue weighted by Crippen LogP contribution is -1.89. The maximum atomic E-state index is 11.0. The van der Waals surface area contributed by atoms with E-state index in [-0.39, 0.29) is 10.8 Å². The van der Waals surface area contributed by atoms with Gasteiger partial charge in [0.25, 0.3) is 5.06 Å². The Hall–Kier alpha value is -1.92. The molecule has 0 spiro atoms. The third-order valence-electron chi connectivity index (χ3n) is 2.85. The van der Waals surface area contributed by atoms with Crippen LogP contribution in [-0.4, -0.2) is 10.0 Å². The molecule has 106 valence electrons. The van der Waals surface area contributed by atoms with Crippen LogP contribution in [0, 0.1) is 10.1 Å². The van der Waals surface area contributed by atoms with Crippen molar-refractivity contribution in [2.75, 3.05) is 0 Å². The van der Waals surface area contributed by atoms with Crippen LogP contribution in [0.4, 0.5) is 5.69 Å². The molecule has 0 bridgehead atoms. The van der Waals surface area contributed by atoms with Crippen molar-refractivity contribution in [3.8, 4) is 10.8 Å². The Morgan fingerprint density at radius 3 is 2.55 bits per heavy atom. The van der Waals surface area contributed by atoms with Crippen LogP contribution in [0.2, 0.25) is 0 Å². The van der Waals surface area contributed by atoms with Gasteiger partial charge in [-0.1, -0.05) is 30.4 Å². The zero-order valence-corrected chi connectivity index (χ0v) is 12.0. The van der Waals surface area contributed by atoms with E-state index in [2.05, 4.69) is 6.92 Å². The van der Waals surface area contributed by atoms with Gasteiger partial charge in [-0.15, -0.1) is 0 Å². The van der Waals surface area contributed by atoms with Gasteiger partial charge in [0, 0.05) is 10.9 Å². The van der Waals surface area contributed by atoms with Crippen molar-refractivity contribution < 1.29 is 14.8 Å². The summed E-state index contributed by atoms with van der Waals surface area (Å²) in [6.07, 6.45) is 0.171. The van der Waals surface area contributed by atoms with Crippen LogP contribution >= 0.6 is 11.3 Å². The lowest BCUT2D eigenvalue weighted by atomic mass is 10.2. The van der Waals surface area contributed by atoms with E-state index < -0.39 is 11.0 Å². The van der Waals surface area contributed by atoms with Gasteiger partial charge in [-0.2, -0.15) is 0 Å². The number of hydrogen-bond donors (Lipinski definition) is 1. The summed E-state index contributed by atoms with van der Waals surface area (Å²) in [4.78, 5) is 11.0. The van der Waals surface area contributed by atoms with Crippen molar-refractivity contribution in [1.29, 1.82) is 0 Å². The van der Waals surface area contributed by atoms with Gasteiger partial charge in [0.15, 0.2) is 0 Å². The summed E-state index contributed by atoms with van der Waals surface area (Å²) in [6, 6.07) is 8.76. The zero-order chi connectivity index (χ0) is 14.7. The molecule has 1 heterocycles. The second-order valence-corrected chi connectivity index (χ2v) is 5.40. The van der Waals surface area contributed by atoms with Crippen LogP contribution in [0.3, 0.4) is 0 Å². The molecule has 5 nitrogen and oxygen atoms in total. The predicted molar refractivity (Wildman–Crippen MR) is 77.5 cm³/mol. The fourth-order valence-corrected chi connectivity index (χ4v) is 2.62. The smallest absolute Gasteiger partial charge is 0.323 e. The van der Waals surface area contributed by atoms with Crippen molar-refractivity contribution in [2.24, 2.45) is 0 Å². The first-order valence-electron chi connectivity index (χ1n) is 6.24. The average Bonchev–Trinajstić information content (AvgIpc) is 2.84. The number of rotatable bonds is 5. The Morgan fingerprint density at radius 1 is 1.40 bits per heavy atom. The van der Waals surface area contributed by atoms with E-state index in [0.29, 0.717) is 10.6 Å². The van der Waals surface area contributed by atoms with E-state index in [4.69, 9.17) is 4.74 Å². The van der Waals surface area contributed by atoms with E-state index in [0.717, 1.165) is 17.8 Å². The maximum absolute atomic E-state index is 11.0. The van der Waals surface area contributed by atoms with Gasteiger partial charge in [-0.3, -0.25) is 10.1 Å². The normalized spacial score (nSPS) is 12.2. The minimum absolute atomic E-state index is 0.120. The summed E-state index contributed by atoms with van der Waals surface area (Å²) in [5.74, 6) is 0.546. The molecule has 0 radical (unpaired) electrons. The molecule has 1 N–H and O–H groups in total. The summed E-state index contributed by atoms with van der Waals surface area (Å²) in [7, 11) is 0. The molecule has 0 fully saturated rings. The van der Waals surface area contributed by atoms with Crippen LogP contribution in [0.1, 0.15) is 30.4 Å². The summed E-state index contributed by atoms with van der Waals surface area (Å²) < 4.78 is 5.57. The number of aliphatic hydroxyl groups excluding tert-OH is 1. The van der Waals surface area contributed by atoms with Gasteiger partial charge in [-0.05, 0) is 31.0 Å².